The predicted molar refractivity (Wildman–Crippen MR) is 63.3 cm³/mol. The van der Waals surface area contributed by atoms with Crippen LogP contribution in [0.1, 0.15) is 30.0 Å². The Bertz CT molecular complexity index is 424. The molecular formula is C11H15N3OS. The Morgan fingerprint density at radius 1 is 1.44 bits per heavy atom. The average Bonchev–Trinajstić information content (AvgIpc) is 2.89. The van der Waals surface area contributed by atoms with Crippen LogP contribution < -0.4 is 0 Å². The Labute approximate surface area is 98.6 Å². The summed E-state index contributed by atoms with van der Waals surface area (Å²) in [5.41, 5.74) is 2.67. The first-order chi connectivity index (χ1) is 7.81. The quantitative estimate of drug-likeness (QED) is 0.865. The highest BCUT2D eigenvalue weighted by molar-refractivity contribution is 7.09. The third-order valence-electron chi connectivity index (χ3n) is 2.43. The molecule has 0 saturated heterocycles. The molecule has 0 aliphatic heterocycles. The maximum Gasteiger partial charge on any atom is 0.100 e. The fraction of sp³-hybridized carbons (Fsp3) is 0.455. The molecule has 5 heteroatoms. The van der Waals surface area contributed by atoms with Crippen LogP contribution in [0.5, 0.6) is 0 Å². The highest BCUT2D eigenvalue weighted by Crippen LogP contribution is 2.20. The summed E-state index contributed by atoms with van der Waals surface area (Å²) in [5.74, 6) is 0. The van der Waals surface area contributed by atoms with Gasteiger partial charge < -0.3 is 9.67 Å². The van der Waals surface area contributed by atoms with Gasteiger partial charge in [-0.3, -0.25) is 4.98 Å². The van der Waals surface area contributed by atoms with Gasteiger partial charge in [0.15, 0.2) is 0 Å². The number of thiazole rings is 1. The average molecular weight is 237 g/mol. The molecule has 16 heavy (non-hydrogen) atoms. The van der Waals surface area contributed by atoms with Gasteiger partial charge in [-0.15, -0.1) is 11.3 Å². The van der Waals surface area contributed by atoms with E-state index in [2.05, 4.69) is 16.9 Å². The van der Waals surface area contributed by atoms with E-state index in [1.807, 2.05) is 4.57 Å². The number of imidazole rings is 1. The molecule has 0 aliphatic rings. The first-order valence-corrected chi connectivity index (χ1v) is 6.24. The highest BCUT2D eigenvalue weighted by atomic mass is 32.1. The molecule has 2 heterocycles. The van der Waals surface area contributed by atoms with Crippen molar-refractivity contribution in [3.8, 4) is 0 Å². The largest absolute Gasteiger partial charge is 0.386 e. The van der Waals surface area contributed by atoms with Crippen LogP contribution in [0.15, 0.2) is 24.2 Å². The van der Waals surface area contributed by atoms with Gasteiger partial charge >= 0.3 is 0 Å². The fourth-order valence-electron chi connectivity index (χ4n) is 1.67. The van der Waals surface area contributed by atoms with E-state index in [9.17, 15) is 5.11 Å². The molecule has 0 fully saturated rings. The van der Waals surface area contributed by atoms with Crippen molar-refractivity contribution in [3.05, 3.63) is 34.8 Å². The molecule has 2 rings (SSSR count). The van der Waals surface area contributed by atoms with Crippen molar-refractivity contribution in [3.63, 3.8) is 0 Å². The SMILES string of the molecule is CCCn1cncc1C(O)Cc1cncs1. The second-order valence-corrected chi connectivity index (χ2v) is 4.67. The van der Waals surface area contributed by atoms with Gasteiger partial charge in [0.05, 0.1) is 23.7 Å². The van der Waals surface area contributed by atoms with E-state index in [0.717, 1.165) is 23.5 Å². The number of aliphatic hydroxyl groups is 1. The normalized spacial score (nSPS) is 12.9. The Kier molecular flexibility index (Phi) is 3.69. The number of hydrogen-bond donors (Lipinski definition) is 1. The lowest BCUT2D eigenvalue weighted by atomic mass is 10.2. The van der Waals surface area contributed by atoms with E-state index < -0.39 is 6.10 Å². The minimum Gasteiger partial charge on any atom is -0.386 e. The number of rotatable bonds is 5. The van der Waals surface area contributed by atoms with Crippen molar-refractivity contribution in [2.45, 2.75) is 32.4 Å². The highest BCUT2D eigenvalue weighted by Gasteiger charge is 2.13. The molecule has 0 saturated carbocycles. The Morgan fingerprint density at radius 2 is 2.31 bits per heavy atom. The first-order valence-electron chi connectivity index (χ1n) is 5.36. The third kappa shape index (κ3) is 2.48. The fourth-order valence-corrected chi connectivity index (χ4v) is 2.31. The number of hydrogen-bond acceptors (Lipinski definition) is 4. The van der Waals surface area contributed by atoms with Gasteiger partial charge in [0.2, 0.25) is 0 Å². The van der Waals surface area contributed by atoms with E-state index in [-0.39, 0.29) is 0 Å². The van der Waals surface area contributed by atoms with E-state index in [1.54, 1.807) is 35.6 Å². The summed E-state index contributed by atoms with van der Waals surface area (Å²) in [6.07, 6.45) is 6.47. The predicted octanol–water partition coefficient (Wildman–Crippen LogP) is 2.03. The summed E-state index contributed by atoms with van der Waals surface area (Å²) in [7, 11) is 0. The van der Waals surface area contributed by atoms with Crippen LogP contribution in [-0.4, -0.2) is 19.6 Å². The molecule has 0 bridgehead atoms. The number of nitrogens with zero attached hydrogens (tertiary/aromatic N) is 3. The van der Waals surface area contributed by atoms with Crippen LogP contribution in [0.25, 0.3) is 0 Å². The van der Waals surface area contributed by atoms with Crippen molar-refractivity contribution in [2.75, 3.05) is 0 Å². The molecule has 1 unspecified atom stereocenters. The molecular weight excluding hydrogens is 222 g/mol. The molecule has 1 N–H and O–H groups in total. The Hall–Kier alpha value is -1.20. The number of aliphatic hydroxyl groups excluding tert-OH is 1. The monoisotopic (exact) mass is 237 g/mol. The molecule has 4 nitrogen and oxygen atoms in total. The van der Waals surface area contributed by atoms with Crippen molar-refractivity contribution in [1.82, 2.24) is 14.5 Å². The molecule has 2 aromatic rings. The summed E-state index contributed by atoms with van der Waals surface area (Å²) < 4.78 is 2.01. The van der Waals surface area contributed by atoms with Crippen LogP contribution in [0.3, 0.4) is 0 Å². The summed E-state index contributed by atoms with van der Waals surface area (Å²) in [5, 5.41) is 10.1. The minimum atomic E-state index is -0.491. The van der Waals surface area contributed by atoms with Gasteiger partial charge in [-0.05, 0) is 6.42 Å². The molecule has 1 atom stereocenters. The summed E-state index contributed by atoms with van der Waals surface area (Å²) in [4.78, 5) is 9.18. The van der Waals surface area contributed by atoms with Crippen molar-refractivity contribution < 1.29 is 5.11 Å². The zero-order valence-corrected chi connectivity index (χ0v) is 10.0. The number of aromatic nitrogens is 3. The van der Waals surface area contributed by atoms with Gasteiger partial charge in [-0.1, -0.05) is 6.92 Å². The lowest BCUT2D eigenvalue weighted by Gasteiger charge is -2.12. The zero-order chi connectivity index (χ0) is 11.4. The van der Waals surface area contributed by atoms with Crippen molar-refractivity contribution in [1.29, 1.82) is 0 Å². The molecule has 0 amide bonds. The maximum atomic E-state index is 10.1. The Morgan fingerprint density at radius 3 is 3.00 bits per heavy atom. The van der Waals surface area contributed by atoms with Crippen molar-refractivity contribution >= 4 is 11.3 Å². The van der Waals surface area contributed by atoms with E-state index >= 15 is 0 Å². The molecule has 2 aromatic heterocycles. The first kappa shape index (κ1) is 11.3. The van der Waals surface area contributed by atoms with Gasteiger partial charge in [-0.2, -0.15) is 0 Å². The van der Waals surface area contributed by atoms with Crippen molar-refractivity contribution in [2.24, 2.45) is 0 Å². The summed E-state index contributed by atoms with van der Waals surface area (Å²) in [6, 6.07) is 0. The lowest BCUT2D eigenvalue weighted by molar-refractivity contribution is 0.169. The Balaban J connectivity index is 2.08. The second-order valence-electron chi connectivity index (χ2n) is 3.70. The molecule has 86 valence electrons. The van der Waals surface area contributed by atoms with Gasteiger partial charge in [-0.25, -0.2) is 4.98 Å². The van der Waals surface area contributed by atoms with Crippen LogP contribution in [0.4, 0.5) is 0 Å². The molecule has 0 aromatic carbocycles. The van der Waals surface area contributed by atoms with Crippen LogP contribution in [-0.2, 0) is 13.0 Å². The second kappa shape index (κ2) is 5.23. The van der Waals surface area contributed by atoms with E-state index in [1.165, 1.54) is 0 Å². The topological polar surface area (TPSA) is 50.9 Å². The minimum absolute atomic E-state index is 0.491. The standard InChI is InChI=1S/C11H15N3OS/c1-2-3-14-7-12-6-10(14)11(15)4-9-5-13-8-16-9/h5-8,11,15H,2-4H2,1H3. The number of aryl methyl sites for hydroxylation is 1. The van der Waals surface area contributed by atoms with Crippen LogP contribution in [0.2, 0.25) is 0 Å². The molecule has 0 radical (unpaired) electrons. The van der Waals surface area contributed by atoms with Crippen LogP contribution in [0, 0.1) is 0 Å². The van der Waals surface area contributed by atoms with E-state index in [4.69, 9.17) is 0 Å². The lowest BCUT2D eigenvalue weighted by Crippen LogP contribution is -2.08. The molecule has 0 spiro atoms. The third-order valence-corrected chi connectivity index (χ3v) is 3.23. The van der Waals surface area contributed by atoms with Gasteiger partial charge in [0, 0.05) is 24.0 Å². The molecule has 0 aliphatic carbocycles. The zero-order valence-electron chi connectivity index (χ0n) is 9.21. The van der Waals surface area contributed by atoms with Gasteiger partial charge in [0.1, 0.15) is 6.10 Å². The summed E-state index contributed by atoms with van der Waals surface area (Å²) >= 11 is 1.57. The van der Waals surface area contributed by atoms with E-state index in [0.29, 0.717) is 6.42 Å². The smallest absolute Gasteiger partial charge is 0.100 e. The van der Waals surface area contributed by atoms with Gasteiger partial charge in [0.25, 0.3) is 0 Å². The van der Waals surface area contributed by atoms with Crippen LogP contribution >= 0.6 is 11.3 Å². The summed E-state index contributed by atoms with van der Waals surface area (Å²) in [6.45, 7) is 3.01. The maximum absolute atomic E-state index is 10.1.